The zero-order valence-corrected chi connectivity index (χ0v) is 17.8. The molecule has 0 fully saturated rings. The van der Waals surface area contributed by atoms with Gasteiger partial charge in [-0.05, 0) is 42.7 Å². The number of sulfonamides is 1. The Morgan fingerprint density at radius 3 is 2.59 bits per heavy atom. The predicted octanol–water partition coefficient (Wildman–Crippen LogP) is 1.99. The molecule has 0 unspecified atom stereocenters. The maximum Gasteiger partial charge on any atom is 0.264 e. The van der Waals surface area contributed by atoms with Crippen LogP contribution in [0.2, 0.25) is 0 Å². The summed E-state index contributed by atoms with van der Waals surface area (Å²) in [5.41, 5.74) is 1.82. The van der Waals surface area contributed by atoms with Crippen LogP contribution in [0, 0.1) is 0 Å². The second-order valence-corrected chi connectivity index (χ2v) is 11.2. The van der Waals surface area contributed by atoms with Gasteiger partial charge in [-0.15, -0.1) is 0 Å². The monoisotopic (exact) mass is 436 g/mol. The second kappa shape index (κ2) is 8.54. The fourth-order valence-corrected chi connectivity index (χ4v) is 5.53. The third-order valence-electron chi connectivity index (χ3n) is 4.89. The van der Waals surface area contributed by atoms with Crippen LogP contribution in [0.5, 0.6) is 0 Å². The molecule has 0 aromatic heterocycles. The molecule has 7 nitrogen and oxygen atoms in total. The number of hydrogen-bond acceptors (Lipinski definition) is 5. The highest BCUT2D eigenvalue weighted by atomic mass is 32.2. The topological polar surface area (TPSA) is 101 Å². The van der Waals surface area contributed by atoms with Crippen molar-refractivity contribution in [2.24, 2.45) is 0 Å². The van der Waals surface area contributed by atoms with Gasteiger partial charge < -0.3 is 5.32 Å². The smallest absolute Gasteiger partial charge is 0.264 e. The Hall–Kier alpha value is -2.39. The average molecular weight is 437 g/mol. The highest BCUT2D eigenvalue weighted by Crippen LogP contribution is 2.31. The number of rotatable bonds is 7. The van der Waals surface area contributed by atoms with Crippen LogP contribution < -0.4 is 9.62 Å². The first-order valence-corrected chi connectivity index (χ1v) is 12.7. The van der Waals surface area contributed by atoms with E-state index >= 15 is 0 Å². The molecule has 2 aromatic carbocycles. The van der Waals surface area contributed by atoms with E-state index in [-0.39, 0.29) is 28.5 Å². The first-order chi connectivity index (χ1) is 13.7. The lowest BCUT2D eigenvalue weighted by molar-refractivity contribution is 0.0956. The highest BCUT2D eigenvalue weighted by molar-refractivity contribution is 7.92. The molecule has 0 aliphatic carbocycles. The number of amides is 1. The van der Waals surface area contributed by atoms with E-state index in [9.17, 15) is 21.6 Å². The molecule has 1 amide bonds. The van der Waals surface area contributed by atoms with Gasteiger partial charge in [0.2, 0.25) is 0 Å². The zero-order chi connectivity index (χ0) is 21.1. The van der Waals surface area contributed by atoms with Gasteiger partial charge in [-0.1, -0.05) is 31.2 Å². The Bertz CT molecular complexity index is 1110. The third kappa shape index (κ3) is 4.79. The molecule has 1 aliphatic rings. The number of para-hydroxylation sites is 1. The van der Waals surface area contributed by atoms with Crippen molar-refractivity contribution in [1.29, 1.82) is 0 Å². The molecule has 156 valence electrons. The summed E-state index contributed by atoms with van der Waals surface area (Å²) >= 11 is 0. The van der Waals surface area contributed by atoms with E-state index in [0.29, 0.717) is 12.2 Å². The molecular weight excluding hydrogens is 412 g/mol. The van der Waals surface area contributed by atoms with E-state index in [1.54, 1.807) is 19.1 Å². The van der Waals surface area contributed by atoms with Crippen LogP contribution in [0.1, 0.15) is 29.3 Å². The fraction of sp³-hybridized carbons (Fsp3) is 0.350. The SMILES string of the molecule is CCS(=O)(=O)CCNC(=O)c1cccc(S(=O)(=O)N2CCCc3ccccc32)c1. The van der Waals surface area contributed by atoms with Crippen LogP contribution in [0.3, 0.4) is 0 Å². The van der Waals surface area contributed by atoms with E-state index in [1.165, 1.54) is 28.6 Å². The summed E-state index contributed by atoms with van der Waals surface area (Å²) in [6.45, 7) is 1.90. The Balaban J connectivity index is 1.81. The molecule has 3 rings (SSSR count). The molecule has 0 radical (unpaired) electrons. The summed E-state index contributed by atoms with van der Waals surface area (Å²) < 4.78 is 50.9. The van der Waals surface area contributed by atoms with Crippen molar-refractivity contribution in [2.75, 3.05) is 28.9 Å². The highest BCUT2D eigenvalue weighted by Gasteiger charge is 2.29. The quantitative estimate of drug-likeness (QED) is 0.715. The van der Waals surface area contributed by atoms with E-state index < -0.39 is 25.8 Å². The summed E-state index contributed by atoms with van der Waals surface area (Å²) in [5.74, 6) is -0.654. The molecule has 9 heteroatoms. The van der Waals surface area contributed by atoms with Crippen molar-refractivity contribution in [2.45, 2.75) is 24.7 Å². The summed E-state index contributed by atoms with van der Waals surface area (Å²) in [4.78, 5) is 12.4. The first kappa shape index (κ1) is 21.3. The fourth-order valence-electron chi connectivity index (χ4n) is 3.24. The number of fused-ring (bicyclic) bond motifs is 1. The van der Waals surface area contributed by atoms with Crippen LogP contribution >= 0.6 is 0 Å². The third-order valence-corrected chi connectivity index (χ3v) is 8.41. The van der Waals surface area contributed by atoms with E-state index in [0.717, 1.165) is 18.4 Å². The Kier molecular flexibility index (Phi) is 6.28. The summed E-state index contributed by atoms with van der Waals surface area (Å²) in [5, 5.41) is 2.54. The van der Waals surface area contributed by atoms with Crippen molar-refractivity contribution >= 4 is 31.5 Å². The lowest BCUT2D eigenvalue weighted by atomic mass is 10.0. The number of anilines is 1. The van der Waals surface area contributed by atoms with Gasteiger partial charge in [0.25, 0.3) is 15.9 Å². The van der Waals surface area contributed by atoms with Crippen molar-refractivity contribution in [3.63, 3.8) is 0 Å². The number of hydrogen-bond donors (Lipinski definition) is 1. The van der Waals surface area contributed by atoms with Crippen LogP contribution in [0.25, 0.3) is 0 Å². The molecule has 0 saturated carbocycles. The van der Waals surface area contributed by atoms with Crippen LogP contribution in [0.15, 0.2) is 53.4 Å². The van der Waals surface area contributed by atoms with Crippen molar-refractivity contribution in [1.82, 2.24) is 5.32 Å². The Morgan fingerprint density at radius 2 is 1.83 bits per heavy atom. The molecule has 0 spiro atoms. The van der Waals surface area contributed by atoms with Crippen LogP contribution in [-0.2, 0) is 26.3 Å². The van der Waals surface area contributed by atoms with Gasteiger partial charge in [-0.25, -0.2) is 16.8 Å². The maximum atomic E-state index is 13.2. The summed E-state index contributed by atoms with van der Waals surface area (Å²) in [6.07, 6.45) is 1.55. The molecule has 29 heavy (non-hydrogen) atoms. The minimum atomic E-state index is -3.82. The lowest BCUT2D eigenvalue weighted by Gasteiger charge is -2.30. The predicted molar refractivity (Wildman–Crippen MR) is 112 cm³/mol. The van der Waals surface area contributed by atoms with Gasteiger partial charge in [0.05, 0.1) is 16.3 Å². The van der Waals surface area contributed by atoms with E-state index in [2.05, 4.69) is 5.32 Å². The minimum Gasteiger partial charge on any atom is -0.351 e. The van der Waals surface area contributed by atoms with Crippen molar-refractivity contribution < 1.29 is 21.6 Å². The van der Waals surface area contributed by atoms with Crippen molar-refractivity contribution in [3.05, 3.63) is 59.7 Å². The number of benzene rings is 2. The summed E-state index contributed by atoms with van der Waals surface area (Å²) in [7, 11) is -7.01. The molecule has 0 saturated heterocycles. The Morgan fingerprint density at radius 1 is 1.07 bits per heavy atom. The molecule has 1 N–H and O–H groups in total. The molecule has 0 bridgehead atoms. The maximum absolute atomic E-state index is 13.2. The zero-order valence-electron chi connectivity index (χ0n) is 16.2. The van der Waals surface area contributed by atoms with Gasteiger partial charge in [0.15, 0.2) is 9.84 Å². The van der Waals surface area contributed by atoms with Gasteiger partial charge >= 0.3 is 0 Å². The van der Waals surface area contributed by atoms with Crippen LogP contribution in [0.4, 0.5) is 5.69 Å². The van der Waals surface area contributed by atoms with E-state index in [4.69, 9.17) is 0 Å². The number of carbonyl (C=O) groups is 1. The van der Waals surface area contributed by atoms with E-state index in [1.807, 2.05) is 12.1 Å². The average Bonchev–Trinajstić information content (AvgIpc) is 2.73. The number of aryl methyl sites for hydroxylation is 1. The normalized spacial score (nSPS) is 14.3. The number of carbonyl (C=O) groups excluding carboxylic acids is 1. The Labute approximate surface area is 171 Å². The largest absolute Gasteiger partial charge is 0.351 e. The minimum absolute atomic E-state index is 0.00785. The number of nitrogens with zero attached hydrogens (tertiary/aromatic N) is 1. The second-order valence-electron chi connectivity index (χ2n) is 6.83. The first-order valence-electron chi connectivity index (χ1n) is 9.44. The van der Waals surface area contributed by atoms with Gasteiger partial charge in [0.1, 0.15) is 0 Å². The van der Waals surface area contributed by atoms with Gasteiger partial charge in [-0.3, -0.25) is 9.10 Å². The lowest BCUT2D eigenvalue weighted by Crippen LogP contribution is -2.35. The molecular formula is C20H24N2O5S2. The van der Waals surface area contributed by atoms with Gasteiger partial charge in [0, 0.05) is 24.4 Å². The molecule has 2 aromatic rings. The standard InChI is InChI=1S/C20H24N2O5S2/c1-2-28(24,25)14-12-21-20(23)17-8-5-10-18(15-17)29(26,27)22-13-6-9-16-7-3-4-11-19(16)22/h3-5,7-8,10-11,15H,2,6,9,12-14H2,1H3,(H,21,23). The van der Waals surface area contributed by atoms with Crippen LogP contribution in [-0.4, -0.2) is 47.3 Å². The number of sulfone groups is 1. The molecule has 1 aliphatic heterocycles. The molecule has 1 heterocycles. The number of nitrogens with one attached hydrogen (secondary N) is 1. The molecule has 0 atom stereocenters. The van der Waals surface area contributed by atoms with Gasteiger partial charge in [-0.2, -0.15) is 0 Å². The van der Waals surface area contributed by atoms with Crippen molar-refractivity contribution in [3.8, 4) is 0 Å². The summed E-state index contributed by atoms with van der Waals surface area (Å²) in [6, 6.07) is 13.2.